The molecule has 1 aromatic rings. The number of rotatable bonds is 6. The first-order valence-corrected chi connectivity index (χ1v) is 11.4. The predicted molar refractivity (Wildman–Crippen MR) is 127 cm³/mol. The van der Waals surface area contributed by atoms with Crippen molar-refractivity contribution >= 4 is 52.3 Å². The van der Waals surface area contributed by atoms with Gasteiger partial charge in [0.15, 0.2) is 5.96 Å². The first kappa shape index (κ1) is 22.9. The topological polar surface area (TPSA) is 53.5 Å². The number of hydrogen-bond donors (Lipinski definition) is 2. The summed E-state index contributed by atoms with van der Waals surface area (Å²) in [7, 11) is 1.12. The molecular formula is C20H31ClIN3OS. The summed E-state index contributed by atoms with van der Waals surface area (Å²) in [5, 5.41) is 8.20. The molecule has 2 aliphatic carbocycles. The molecule has 1 aromatic carbocycles. The fourth-order valence-corrected chi connectivity index (χ4v) is 5.47. The van der Waals surface area contributed by atoms with E-state index in [1.807, 2.05) is 26.1 Å². The smallest absolute Gasteiger partial charge is 0.191 e. The molecule has 3 atom stereocenters. The van der Waals surface area contributed by atoms with E-state index >= 15 is 0 Å². The van der Waals surface area contributed by atoms with Crippen molar-refractivity contribution in [2.45, 2.75) is 62.2 Å². The number of halogens is 2. The molecule has 2 saturated carbocycles. The van der Waals surface area contributed by atoms with Gasteiger partial charge in [-0.15, -0.1) is 24.0 Å². The van der Waals surface area contributed by atoms with Gasteiger partial charge in [0.05, 0.1) is 0 Å². The second kappa shape index (κ2) is 10.4. The second-order valence-electron chi connectivity index (χ2n) is 7.52. The maximum Gasteiger partial charge on any atom is 0.191 e. The van der Waals surface area contributed by atoms with Gasteiger partial charge in [0.1, 0.15) is 0 Å². The van der Waals surface area contributed by atoms with Crippen LogP contribution in [0.15, 0.2) is 29.3 Å². The van der Waals surface area contributed by atoms with Crippen molar-refractivity contribution in [3.63, 3.8) is 0 Å². The van der Waals surface area contributed by atoms with Crippen LogP contribution < -0.4 is 10.6 Å². The van der Waals surface area contributed by atoms with E-state index in [0.717, 1.165) is 49.0 Å². The molecule has 2 fully saturated rings. The lowest BCUT2D eigenvalue weighted by Gasteiger charge is -2.30. The average molecular weight is 524 g/mol. The fraction of sp³-hybridized carbons (Fsp3) is 0.650. The van der Waals surface area contributed by atoms with Gasteiger partial charge in [-0.2, -0.15) is 0 Å². The average Bonchev–Trinajstić information content (AvgIpc) is 3.46. The van der Waals surface area contributed by atoms with Gasteiger partial charge in [0, 0.05) is 51.9 Å². The second-order valence-corrected chi connectivity index (χ2v) is 9.96. The van der Waals surface area contributed by atoms with Gasteiger partial charge in [-0.1, -0.05) is 37.1 Å². The van der Waals surface area contributed by atoms with E-state index in [9.17, 15) is 4.21 Å². The van der Waals surface area contributed by atoms with Crippen LogP contribution in [0.3, 0.4) is 0 Å². The summed E-state index contributed by atoms with van der Waals surface area (Å²) in [6, 6.07) is 8.56. The first-order valence-electron chi connectivity index (χ1n) is 9.67. The molecule has 2 aliphatic rings. The Morgan fingerprint density at radius 1 is 1.37 bits per heavy atom. The van der Waals surface area contributed by atoms with Crippen molar-refractivity contribution < 1.29 is 4.21 Å². The number of benzene rings is 1. The Labute approximate surface area is 187 Å². The molecule has 2 N–H and O–H groups in total. The monoisotopic (exact) mass is 523 g/mol. The Morgan fingerprint density at radius 3 is 2.78 bits per heavy atom. The van der Waals surface area contributed by atoms with E-state index in [2.05, 4.69) is 27.8 Å². The van der Waals surface area contributed by atoms with Crippen molar-refractivity contribution in [3.8, 4) is 0 Å². The van der Waals surface area contributed by atoms with Crippen LogP contribution in [0.25, 0.3) is 0 Å². The molecule has 3 rings (SSSR count). The third kappa shape index (κ3) is 6.07. The molecule has 3 unspecified atom stereocenters. The maximum absolute atomic E-state index is 12.1. The van der Waals surface area contributed by atoms with Crippen LogP contribution in [0.4, 0.5) is 0 Å². The van der Waals surface area contributed by atoms with Gasteiger partial charge in [-0.3, -0.25) is 9.20 Å². The van der Waals surface area contributed by atoms with E-state index in [1.165, 1.54) is 18.4 Å². The highest BCUT2D eigenvalue weighted by atomic mass is 127. The molecule has 0 spiro atoms. The van der Waals surface area contributed by atoms with Crippen LogP contribution in [-0.4, -0.2) is 40.8 Å². The summed E-state index contributed by atoms with van der Waals surface area (Å²) >= 11 is 6.17. The largest absolute Gasteiger partial charge is 0.356 e. The van der Waals surface area contributed by atoms with Crippen molar-refractivity contribution in [2.75, 3.05) is 19.3 Å². The van der Waals surface area contributed by atoms with Crippen molar-refractivity contribution in [2.24, 2.45) is 4.99 Å². The Hall–Kier alpha value is -0.340. The summed E-state index contributed by atoms with van der Waals surface area (Å²) in [6.07, 6.45) is 6.68. The zero-order valence-corrected chi connectivity index (χ0v) is 20.1. The van der Waals surface area contributed by atoms with E-state index in [0.29, 0.717) is 11.3 Å². The number of aliphatic imine (C=N–C) groups is 1. The normalized spacial score (nSPS) is 25.2. The lowest BCUT2D eigenvalue weighted by atomic mass is 9.95. The van der Waals surface area contributed by atoms with Gasteiger partial charge < -0.3 is 10.6 Å². The molecule has 4 nitrogen and oxygen atoms in total. The lowest BCUT2D eigenvalue weighted by molar-refractivity contribution is 0.413. The number of nitrogens with one attached hydrogen (secondary N) is 2. The molecular weight excluding hydrogens is 493 g/mol. The summed E-state index contributed by atoms with van der Waals surface area (Å²) in [4.78, 5) is 4.41. The number of guanidine groups is 1. The highest BCUT2D eigenvalue weighted by Gasteiger charge is 2.44. The zero-order chi connectivity index (χ0) is 18.6. The molecule has 0 aromatic heterocycles. The van der Waals surface area contributed by atoms with Gasteiger partial charge >= 0.3 is 0 Å². The van der Waals surface area contributed by atoms with E-state index in [-0.39, 0.29) is 29.4 Å². The quantitative estimate of drug-likeness (QED) is 0.333. The predicted octanol–water partition coefficient (Wildman–Crippen LogP) is 4.23. The Balaban J connectivity index is 0.00000261. The summed E-state index contributed by atoms with van der Waals surface area (Å²) in [6.45, 7) is 2.88. The molecule has 7 heteroatoms. The van der Waals surface area contributed by atoms with Crippen molar-refractivity contribution in [1.82, 2.24) is 10.6 Å². The molecule has 0 amide bonds. The Morgan fingerprint density at radius 2 is 2.15 bits per heavy atom. The number of nitrogens with zero attached hydrogens (tertiary/aromatic N) is 1. The Kier molecular flexibility index (Phi) is 8.87. The van der Waals surface area contributed by atoms with Gasteiger partial charge in [-0.05, 0) is 49.8 Å². The van der Waals surface area contributed by atoms with E-state index in [4.69, 9.17) is 11.6 Å². The van der Waals surface area contributed by atoms with E-state index in [1.54, 1.807) is 0 Å². The standard InChI is InChI=1S/C20H30ClN3OS.HI/c1-3-26(25)18-9-5-8-17(13-18)24-19(22-2)23-14-20(10-11-20)15-6-4-7-16(21)12-15;/h4,6-7,12,17-18H,3,5,8-11,13-14H2,1-2H3,(H2,22,23,24);1H. The van der Waals surface area contributed by atoms with Gasteiger partial charge in [-0.25, -0.2) is 0 Å². The van der Waals surface area contributed by atoms with Crippen molar-refractivity contribution in [3.05, 3.63) is 34.9 Å². The first-order chi connectivity index (χ1) is 12.6. The third-order valence-electron chi connectivity index (χ3n) is 5.73. The molecule has 0 saturated heterocycles. The SMILES string of the molecule is CCS(=O)C1CCCC(NC(=NC)NCC2(c3cccc(Cl)c3)CC2)C1.I. The molecule has 0 radical (unpaired) electrons. The fourth-order valence-electron chi connectivity index (χ4n) is 3.93. The molecule has 27 heavy (non-hydrogen) atoms. The van der Waals surface area contributed by atoms with Crippen LogP contribution >= 0.6 is 35.6 Å². The molecule has 0 aliphatic heterocycles. The summed E-state index contributed by atoms with van der Waals surface area (Å²) in [5.41, 5.74) is 1.49. The minimum absolute atomic E-state index is 0. The third-order valence-corrected chi connectivity index (χ3v) is 7.71. The van der Waals surface area contributed by atoms with E-state index < -0.39 is 10.8 Å². The Bertz CT molecular complexity index is 681. The van der Waals surface area contributed by atoms with Gasteiger partial charge in [0.25, 0.3) is 0 Å². The molecule has 0 heterocycles. The van der Waals surface area contributed by atoms with Crippen LogP contribution in [0.1, 0.15) is 51.0 Å². The zero-order valence-electron chi connectivity index (χ0n) is 16.2. The summed E-state index contributed by atoms with van der Waals surface area (Å²) < 4.78 is 12.1. The number of hydrogen-bond acceptors (Lipinski definition) is 2. The van der Waals surface area contributed by atoms with Crippen LogP contribution in [0.2, 0.25) is 5.02 Å². The highest BCUT2D eigenvalue weighted by Crippen LogP contribution is 2.48. The maximum atomic E-state index is 12.1. The minimum atomic E-state index is -0.699. The molecule has 0 bridgehead atoms. The minimum Gasteiger partial charge on any atom is -0.356 e. The lowest BCUT2D eigenvalue weighted by Crippen LogP contribution is -2.48. The van der Waals surface area contributed by atoms with Crippen molar-refractivity contribution in [1.29, 1.82) is 0 Å². The van der Waals surface area contributed by atoms with Crippen LogP contribution in [0, 0.1) is 0 Å². The highest BCUT2D eigenvalue weighted by molar-refractivity contribution is 14.0. The molecule has 152 valence electrons. The van der Waals surface area contributed by atoms with Crippen LogP contribution in [-0.2, 0) is 16.2 Å². The summed E-state index contributed by atoms with van der Waals surface area (Å²) in [5.74, 6) is 1.61. The van der Waals surface area contributed by atoms with Crippen LogP contribution in [0.5, 0.6) is 0 Å². The van der Waals surface area contributed by atoms with Gasteiger partial charge in [0.2, 0.25) is 0 Å².